The normalized spacial score (nSPS) is 9.00. The van der Waals surface area contributed by atoms with Crippen LogP contribution in [-0.4, -0.2) is 24.9 Å². The Morgan fingerprint density at radius 3 is 2.50 bits per heavy atom. The summed E-state index contributed by atoms with van der Waals surface area (Å²) < 4.78 is 4.52. The molecule has 0 aliphatic heterocycles. The number of carbonyl (C=O) groups excluding carboxylic acids is 2. The maximum Gasteiger partial charge on any atom is 0.313 e. The zero-order chi connectivity index (χ0) is 7.98. The van der Waals surface area contributed by atoms with Gasteiger partial charge in [0.2, 0.25) is 0 Å². The van der Waals surface area contributed by atoms with Gasteiger partial charge in [0.1, 0.15) is 18.8 Å². The van der Waals surface area contributed by atoms with E-state index >= 15 is 0 Å². The predicted octanol–water partition coefficient (Wildman–Crippen LogP) is -0.533. The Labute approximate surface area is 59.3 Å². The van der Waals surface area contributed by atoms with E-state index in [0.717, 1.165) is 0 Å². The van der Waals surface area contributed by atoms with Gasteiger partial charge >= 0.3 is 5.97 Å². The van der Waals surface area contributed by atoms with E-state index in [2.05, 4.69) is 4.74 Å². The van der Waals surface area contributed by atoms with Gasteiger partial charge in [-0.05, 0) is 6.92 Å². The summed E-state index contributed by atoms with van der Waals surface area (Å²) in [7, 11) is 0. The second-order valence-electron chi connectivity index (χ2n) is 1.89. The smallest absolute Gasteiger partial charge is 0.313 e. The van der Waals surface area contributed by atoms with Crippen molar-refractivity contribution in [2.24, 2.45) is 5.73 Å². The first kappa shape index (κ1) is 9.10. The minimum Gasteiger partial charge on any atom is -0.464 e. The first-order valence-electron chi connectivity index (χ1n) is 3.02. The number of hydrogen-bond donors (Lipinski definition) is 1. The Morgan fingerprint density at radius 1 is 1.50 bits per heavy atom. The molecular weight excluding hydrogens is 134 g/mol. The molecule has 0 heterocycles. The predicted molar refractivity (Wildman–Crippen MR) is 35.3 cm³/mol. The van der Waals surface area contributed by atoms with E-state index < -0.39 is 5.97 Å². The Balaban J connectivity index is 3.35. The molecule has 0 fully saturated rings. The Morgan fingerprint density at radius 2 is 2.10 bits per heavy atom. The lowest BCUT2D eigenvalue weighted by atomic mass is 10.3. The number of carbonyl (C=O) groups is 2. The van der Waals surface area contributed by atoms with Crippen molar-refractivity contribution in [1.82, 2.24) is 0 Å². The second-order valence-corrected chi connectivity index (χ2v) is 1.89. The molecule has 0 saturated carbocycles. The average molecular weight is 145 g/mol. The van der Waals surface area contributed by atoms with Crippen molar-refractivity contribution in [3.05, 3.63) is 0 Å². The van der Waals surface area contributed by atoms with Gasteiger partial charge in [0.05, 0.1) is 0 Å². The molecule has 0 rings (SSSR count). The molecule has 0 aromatic heterocycles. The average Bonchev–Trinajstić information content (AvgIpc) is 1.82. The van der Waals surface area contributed by atoms with E-state index in [1.807, 2.05) is 0 Å². The molecule has 0 aromatic carbocycles. The van der Waals surface area contributed by atoms with E-state index in [9.17, 15) is 9.59 Å². The first-order chi connectivity index (χ1) is 4.66. The number of ketones is 1. The highest BCUT2D eigenvalue weighted by atomic mass is 16.5. The van der Waals surface area contributed by atoms with E-state index in [0.29, 0.717) is 6.54 Å². The number of hydrogen-bond acceptors (Lipinski definition) is 4. The molecule has 0 aliphatic rings. The van der Waals surface area contributed by atoms with Crippen LogP contribution in [0.3, 0.4) is 0 Å². The zero-order valence-electron chi connectivity index (χ0n) is 5.92. The molecule has 4 heteroatoms. The van der Waals surface area contributed by atoms with Crippen LogP contribution in [0, 0.1) is 0 Å². The first-order valence-corrected chi connectivity index (χ1v) is 3.02. The van der Waals surface area contributed by atoms with Crippen LogP contribution >= 0.6 is 0 Å². The molecule has 0 atom stereocenters. The Hall–Kier alpha value is -0.900. The fourth-order valence-electron chi connectivity index (χ4n) is 0.427. The quantitative estimate of drug-likeness (QED) is 0.426. The lowest BCUT2D eigenvalue weighted by Crippen LogP contribution is -2.15. The van der Waals surface area contributed by atoms with Crippen LogP contribution in [-0.2, 0) is 14.3 Å². The minimum atomic E-state index is -0.502. The van der Waals surface area contributed by atoms with Crippen LogP contribution < -0.4 is 5.73 Å². The van der Waals surface area contributed by atoms with Gasteiger partial charge in [-0.25, -0.2) is 0 Å². The maximum absolute atomic E-state index is 10.5. The van der Waals surface area contributed by atoms with E-state index in [1.165, 1.54) is 6.92 Å². The molecule has 0 radical (unpaired) electrons. The maximum atomic E-state index is 10.5. The highest BCUT2D eigenvalue weighted by Gasteiger charge is 2.04. The molecule has 0 aromatic rings. The summed E-state index contributed by atoms with van der Waals surface area (Å²) in [5.74, 6) is -0.694. The highest BCUT2D eigenvalue weighted by Crippen LogP contribution is 1.86. The third-order valence-electron chi connectivity index (χ3n) is 0.774. The van der Waals surface area contributed by atoms with Crippen LogP contribution in [0.15, 0.2) is 0 Å². The molecule has 0 saturated heterocycles. The van der Waals surface area contributed by atoms with Crippen molar-refractivity contribution >= 4 is 11.8 Å². The summed E-state index contributed by atoms with van der Waals surface area (Å²) in [6, 6.07) is 0. The van der Waals surface area contributed by atoms with Crippen LogP contribution in [0.2, 0.25) is 0 Å². The van der Waals surface area contributed by atoms with Crippen molar-refractivity contribution in [2.75, 3.05) is 13.2 Å². The molecule has 0 bridgehead atoms. The van der Waals surface area contributed by atoms with E-state index in [-0.39, 0.29) is 18.8 Å². The number of rotatable bonds is 4. The lowest BCUT2D eigenvalue weighted by molar-refractivity contribution is -0.145. The largest absolute Gasteiger partial charge is 0.464 e. The van der Waals surface area contributed by atoms with Gasteiger partial charge in [0.25, 0.3) is 0 Å². The van der Waals surface area contributed by atoms with Crippen molar-refractivity contribution in [1.29, 1.82) is 0 Å². The van der Waals surface area contributed by atoms with Crippen LogP contribution in [0.4, 0.5) is 0 Å². The minimum absolute atomic E-state index is 0.153. The van der Waals surface area contributed by atoms with Crippen molar-refractivity contribution in [3.63, 3.8) is 0 Å². The van der Waals surface area contributed by atoms with Gasteiger partial charge in [-0.1, -0.05) is 0 Å². The molecule has 10 heavy (non-hydrogen) atoms. The zero-order valence-corrected chi connectivity index (χ0v) is 5.92. The number of ether oxygens (including phenoxy) is 1. The Kier molecular flexibility index (Phi) is 4.49. The van der Waals surface area contributed by atoms with Gasteiger partial charge in [-0.15, -0.1) is 0 Å². The van der Waals surface area contributed by atoms with Gasteiger partial charge in [0, 0.05) is 6.54 Å². The summed E-state index contributed by atoms with van der Waals surface area (Å²) in [5, 5.41) is 0. The molecule has 0 amide bonds. The molecule has 0 aliphatic carbocycles. The summed E-state index contributed by atoms with van der Waals surface area (Å²) >= 11 is 0. The summed E-state index contributed by atoms with van der Waals surface area (Å²) in [6.07, 6.45) is -0.153. The molecule has 58 valence electrons. The highest BCUT2D eigenvalue weighted by molar-refractivity contribution is 5.94. The summed E-state index contributed by atoms with van der Waals surface area (Å²) in [5.41, 5.74) is 5.05. The van der Waals surface area contributed by atoms with Gasteiger partial charge in [-0.2, -0.15) is 0 Å². The van der Waals surface area contributed by atoms with E-state index in [1.54, 1.807) is 0 Å². The van der Waals surface area contributed by atoms with Crippen molar-refractivity contribution in [3.8, 4) is 0 Å². The SMILES string of the molecule is CC(=O)CC(=O)OCCN. The molecular formula is C6H11NO3. The standard InChI is InChI=1S/C6H11NO3/c1-5(8)4-6(9)10-3-2-7/h2-4,7H2,1H3. The van der Waals surface area contributed by atoms with Gasteiger partial charge in [0.15, 0.2) is 0 Å². The van der Waals surface area contributed by atoms with E-state index in [4.69, 9.17) is 5.73 Å². The molecule has 0 unspecified atom stereocenters. The molecule has 4 nitrogen and oxygen atoms in total. The second kappa shape index (κ2) is 4.93. The van der Waals surface area contributed by atoms with Gasteiger partial charge in [-0.3, -0.25) is 9.59 Å². The summed E-state index contributed by atoms with van der Waals surface area (Å²) in [4.78, 5) is 20.8. The number of nitrogens with two attached hydrogens (primary N) is 1. The Bertz CT molecular complexity index is 133. The van der Waals surface area contributed by atoms with Crippen molar-refractivity contribution < 1.29 is 14.3 Å². The fourth-order valence-corrected chi connectivity index (χ4v) is 0.427. The number of esters is 1. The lowest BCUT2D eigenvalue weighted by Gasteiger charge is -1.98. The third-order valence-corrected chi connectivity index (χ3v) is 0.774. The number of Topliss-reactive ketones (excluding diaryl/α,β-unsaturated/α-hetero) is 1. The van der Waals surface area contributed by atoms with Crippen LogP contribution in [0.25, 0.3) is 0 Å². The molecule has 2 N–H and O–H groups in total. The van der Waals surface area contributed by atoms with Crippen LogP contribution in [0.1, 0.15) is 13.3 Å². The van der Waals surface area contributed by atoms with Crippen molar-refractivity contribution in [2.45, 2.75) is 13.3 Å². The molecule has 0 spiro atoms. The van der Waals surface area contributed by atoms with Gasteiger partial charge < -0.3 is 10.5 Å². The summed E-state index contributed by atoms with van der Waals surface area (Å²) in [6.45, 7) is 1.82. The third kappa shape index (κ3) is 5.24. The topological polar surface area (TPSA) is 69.4 Å². The fraction of sp³-hybridized carbons (Fsp3) is 0.667. The monoisotopic (exact) mass is 145 g/mol. The van der Waals surface area contributed by atoms with Crippen LogP contribution in [0.5, 0.6) is 0 Å².